The summed E-state index contributed by atoms with van der Waals surface area (Å²) in [6.07, 6.45) is 0. The topological polar surface area (TPSA) is 76.1 Å². The predicted molar refractivity (Wildman–Crippen MR) is 78.8 cm³/mol. The van der Waals surface area contributed by atoms with E-state index in [2.05, 4.69) is 15.9 Å². The monoisotopic (exact) mass is 330 g/mol. The molecule has 0 bridgehead atoms. The summed E-state index contributed by atoms with van der Waals surface area (Å²) >= 11 is 3.28. The fourth-order valence-corrected chi connectivity index (χ4v) is 2.01. The quantitative estimate of drug-likeness (QED) is 0.692. The number of hydrogen-bond donors (Lipinski definition) is 1. The number of carbonyl (C=O) groups excluding carboxylic acids is 1. The molecule has 0 radical (unpaired) electrons. The van der Waals surface area contributed by atoms with Crippen molar-refractivity contribution in [2.24, 2.45) is 0 Å². The van der Waals surface area contributed by atoms with E-state index in [0.717, 1.165) is 5.56 Å². The van der Waals surface area contributed by atoms with E-state index < -0.39 is 5.97 Å². The summed E-state index contributed by atoms with van der Waals surface area (Å²) in [6, 6.07) is 13.9. The van der Waals surface area contributed by atoms with Crippen LogP contribution in [0.5, 0.6) is 0 Å². The van der Waals surface area contributed by atoms with Crippen LogP contribution in [0, 0.1) is 11.3 Å². The molecule has 0 heterocycles. The van der Waals surface area contributed by atoms with Gasteiger partial charge in [-0.1, -0.05) is 12.1 Å². The minimum absolute atomic E-state index is 0.145. The first-order valence-corrected chi connectivity index (χ1v) is 6.60. The summed E-state index contributed by atoms with van der Waals surface area (Å²) in [6.45, 7) is 0.145. The number of nitrogen functional groups attached to an aromatic ring is 1. The van der Waals surface area contributed by atoms with Gasteiger partial charge in [0, 0.05) is 10.2 Å². The highest BCUT2D eigenvalue weighted by Gasteiger charge is 2.12. The first-order valence-electron chi connectivity index (χ1n) is 5.81. The van der Waals surface area contributed by atoms with E-state index in [4.69, 9.17) is 15.7 Å². The predicted octanol–water partition coefficient (Wildman–Crippen LogP) is 3.26. The summed E-state index contributed by atoms with van der Waals surface area (Å²) in [4.78, 5) is 12.0. The Morgan fingerprint density at radius 3 is 2.60 bits per heavy atom. The summed E-state index contributed by atoms with van der Waals surface area (Å²) in [7, 11) is 0. The van der Waals surface area contributed by atoms with E-state index in [-0.39, 0.29) is 6.61 Å². The SMILES string of the molecule is N#Cc1ccc(COC(=O)c2cc(N)ccc2Br)cc1. The maximum Gasteiger partial charge on any atom is 0.339 e. The number of hydrogen-bond acceptors (Lipinski definition) is 4. The molecule has 0 spiro atoms. The third-order valence-electron chi connectivity index (χ3n) is 2.66. The molecule has 100 valence electrons. The highest BCUT2D eigenvalue weighted by molar-refractivity contribution is 9.10. The van der Waals surface area contributed by atoms with Crippen LogP contribution in [0.3, 0.4) is 0 Å². The number of nitrogens with two attached hydrogens (primary N) is 1. The van der Waals surface area contributed by atoms with E-state index in [0.29, 0.717) is 21.3 Å². The zero-order valence-corrected chi connectivity index (χ0v) is 12.1. The third kappa shape index (κ3) is 3.37. The van der Waals surface area contributed by atoms with E-state index in [9.17, 15) is 4.79 Å². The molecule has 2 aromatic rings. The van der Waals surface area contributed by atoms with Crippen molar-refractivity contribution in [1.82, 2.24) is 0 Å². The molecule has 0 atom stereocenters. The van der Waals surface area contributed by atoms with Crippen molar-refractivity contribution >= 4 is 27.6 Å². The number of anilines is 1. The lowest BCUT2D eigenvalue weighted by Crippen LogP contribution is -2.06. The van der Waals surface area contributed by atoms with E-state index >= 15 is 0 Å². The highest BCUT2D eigenvalue weighted by Crippen LogP contribution is 2.20. The van der Waals surface area contributed by atoms with Crippen LogP contribution in [0.25, 0.3) is 0 Å². The number of nitriles is 1. The first kappa shape index (κ1) is 14.1. The van der Waals surface area contributed by atoms with Gasteiger partial charge in [-0.15, -0.1) is 0 Å². The lowest BCUT2D eigenvalue weighted by molar-refractivity contribution is 0.0471. The largest absolute Gasteiger partial charge is 0.457 e. The van der Waals surface area contributed by atoms with Gasteiger partial charge in [0.2, 0.25) is 0 Å². The smallest absolute Gasteiger partial charge is 0.339 e. The van der Waals surface area contributed by atoms with Crippen molar-refractivity contribution < 1.29 is 9.53 Å². The van der Waals surface area contributed by atoms with Gasteiger partial charge in [-0.05, 0) is 51.8 Å². The van der Waals surface area contributed by atoms with Gasteiger partial charge in [0.25, 0.3) is 0 Å². The second-order valence-corrected chi connectivity index (χ2v) is 4.98. The molecule has 2 aromatic carbocycles. The average molecular weight is 331 g/mol. The lowest BCUT2D eigenvalue weighted by atomic mass is 10.1. The fourth-order valence-electron chi connectivity index (χ4n) is 1.60. The van der Waals surface area contributed by atoms with Gasteiger partial charge in [-0.3, -0.25) is 0 Å². The van der Waals surface area contributed by atoms with Crippen molar-refractivity contribution in [1.29, 1.82) is 5.26 Å². The lowest BCUT2D eigenvalue weighted by Gasteiger charge is -2.07. The van der Waals surface area contributed by atoms with Crippen LogP contribution in [-0.2, 0) is 11.3 Å². The van der Waals surface area contributed by atoms with Crippen LogP contribution >= 0.6 is 15.9 Å². The van der Waals surface area contributed by atoms with Gasteiger partial charge in [-0.25, -0.2) is 4.79 Å². The summed E-state index contributed by atoms with van der Waals surface area (Å²) in [5, 5.41) is 8.70. The standard InChI is InChI=1S/C15H11BrN2O2/c16-14-6-5-12(18)7-13(14)15(19)20-9-11-3-1-10(8-17)2-4-11/h1-7H,9,18H2. The molecule has 0 aliphatic rings. The molecular weight excluding hydrogens is 320 g/mol. The Morgan fingerprint density at radius 1 is 1.25 bits per heavy atom. The van der Waals surface area contributed by atoms with Gasteiger partial charge < -0.3 is 10.5 Å². The molecule has 20 heavy (non-hydrogen) atoms. The number of carbonyl (C=O) groups is 1. The molecule has 0 saturated carbocycles. The molecule has 2 rings (SSSR count). The van der Waals surface area contributed by atoms with Gasteiger partial charge in [0.15, 0.2) is 0 Å². The average Bonchev–Trinajstić information content (AvgIpc) is 2.47. The molecule has 0 aliphatic carbocycles. The zero-order valence-electron chi connectivity index (χ0n) is 10.5. The molecule has 2 N–H and O–H groups in total. The second-order valence-electron chi connectivity index (χ2n) is 4.12. The Morgan fingerprint density at radius 2 is 1.95 bits per heavy atom. The van der Waals surface area contributed by atoms with Crippen molar-refractivity contribution in [3.05, 3.63) is 63.6 Å². The minimum atomic E-state index is -0.450. The molecular formula is C15H11BrN2O2. The number of benzene rings is 2. The molecule has 0 aliphatic heterocycles. The Balaban J connectivity index is 2.04. The maximum absolute atomic E-state index is 12.0. The fraction of sp³-hybridized carbons (Fsp3) is 0.0667. The van der Waals surface area contributed by atoms with Crippen molar-refractivity contribution in [2.45, 2.75) is 6.61 Å². The minimum Gasteiger partial charge on any atom is -0.457 e. The first-order chi connectivity index (χ1) is 9.60. The summed E-state index contributed by atoms with van der Waals surface area (Å²) in [5.74, 6) is -0.450. The van der Waals surface area contributed by atoms with Crippen LogP contribution in [0.15, 0.2) is 46.9 Å². The molecule has 0 aromatic heterocycles. The van der Waals surface area contributed by atoms with Gasteiger partial charge in [0.1, 0.15) is 6.61 Å². The van der Waals surface area contributed by atoms with E-state index in [1.165, 1.54) is 0 Å². The zero-order chi connectivity index (χ0) is 14.5. The summed E-state index contributed by atoms with van der Waals surface area (Å²) in [5.41, 5.74) is 7.92. The van der Waals surface area contributed by atoms with E-state index in [1.807, 2.05) is 6.07 Å². The van der Waals surface area contributed by atoms with Gasteiger partial charge in [-0.2, -0.15) is 5.26 Å². The Bertz CT molecular complexity index is 675. The van der Waals surface area contributed by atoms with Crippen LogP contribution in [0.4, 0.5) is 5.69 Å². The Kier molecular flexibility index (Phi) is 4.38. The summed E-state index contributed by atoms with van der Waals surface area (Å²) < 4.78 is 5.85. The molecule has 4 nitrogen and oxygen atoms in total. The van der Waals surface area contributed by atoms with Gasteiger partial charge >= 0.3 is 5.97 Å². The number of ether oxygens (including phenoxy) is 1. The van der Waals surface area contributed by atoms with Crippen molar-refractivity contribution in [3.63, 3.8) is 0 Å². The Labute approximate surface area is 124 Å². The third-order valence-corrected chi connectivity index (χ3v) is 3.35. The second kappa shape index (κ2) is 6.22. The van der Waals surface area contributed by atoms with Crippen molar-refractivity contribution in [3.8, 4) is 6.07 Å². The normalized spacial score (nSPS) is 9.80. The molecule has 5 heteroatoms. The molecule has 0 amide bonds. The molecule has 0 fully saturated rings. The number of esters is 1. The van der Waals surface area contributed by atoms with Crippen molar-refractivity contribution in [2.75, 3.05) is 5.73 Å². The maximum atomic E-state index is 12.0. The van der Waals surface area contributed by atoms with Crippen LogP contribution in [0.1, 0.15) is 21.5 Å². The number of rotatable bonds is 3. The van der Waals surface area contributed by atoms with E-state index in [1.54, 1.807) is 42.5 Å². The molecule has 0 unspecified atom stereocenters. The molecule has 0 saturated heterocycles. The van der Waals surface area contributed by atoms with Gasteiger partial charge in [0.05, 0.1) is 17.2 Å². The van der Waals surface area contributed by atoms with Crippen LogP contribution < -0.4 is 5.73 Å². The van der Waals surface area contributed by atoms with Crippen LogP contribution in [-0.4, -0.2) is 5.97 Å². The highest BCUT2D eigenvalue weighted by atomic mass is 79.9. The number of halogens is 1. The Hall–Kier alpha value is -2.32. The number of nitrogens with zero attached hydrogens (tertiary/aromatic N) is 1. The van der Waals surface area contributed by atoms with Crippen LogP contribution in [0.2, 0.25) is 0 Å².